The quantitative estimate of drug-likeness (QED) is 0.340. The lowest BCUT2D eigenvalue weighted by Crippen LogP contribution is -2.13. The van der Waals surface area contributed by atoms with Crippen molar-refractivity contribution in [1.29, 1.82) is 0 Å². The number of carbonyl (C=O) groups is 1. The number of ether oxygens (including phenoxy) is 1. The average Bonchev–Trinajstić information content (AvgIpc) is 3.23. The number of anilines is 1. The van der Waals surface area contributed by atoms with Gasteiger partial charge in [0.05, 0.1) is 17.7 Å². The maximum atomic E-state index is 12.5. The summed E-state index contributed by atoms with van der Waals surface area (Å²) in [7, 11) is 1.55. The van der Waals surface area contributed by atoms with Crippen molar-refractivity contribution >= 4 is 39.2 Å². The molecular weight excluding hydrogens is 400 g/mol. The van der Waals surface area contributed by atoms with Crippen LogP contribution in [0.3, 0.4) is 0 Å². The number of nitrogens with zero attached hydrogens (tertiary/aromatic N) is 3. The first-order chi connectivity index (χ1) is 14.9. The minimum absolute atomic E-state index is 0.0216. The monoisotopic (exact) mass is 422 g/mol. The van der Waals surface area contributed by atoms with E-state index in [1.165, 1.54) is 0 Å². The van der Waals surface area contributed by atoms with Crippen LogP contribution in [0.1, 0.15) is 24.2 Å². The van der Waals surface area contributed by atoms with Crippen LogP contribution in [-0.4, -0.2) is 27.7 Å². The second-order valence-electron chi connectivity index (χ2n) is 7.30. The van der Waals surface area contributed by atoms with E-state index in [9.17, 15) is 14.9 Å². The zero-order valence-corrected chi connectivity index (χ0v) is 17.5. The Morgan fingerprint density at radius 2 is 2.00 bits per heavy atom. The molecule has 0 saturated heterocycles. The Hall–Kier alpha value is -3.88. The molecule has 0 aliphatic rings. The Morgan fingerprint density at radius 1 is 1.23 bits per heavy atom. The van der Waals surface area contributed by atoms with Gasteiger partial charge >= 0.3 is 5.69 Å². The van der Waals surface area contributed by atoms with Gasteiger partial charge in [0.2, 0.25) is 5.91 Å². The number of hydrogen-bond donors (Lipinski definition) is 1. The molecule has 4 rings (SSSR count). The number of aromatic nitrogens is 2. The number of fused-ring (bicyclic) bond motifs is 3. The smallest absolute Gasteiger partial charge is 0.312 e. The molecule has 0 saturated carbocycles. The number of aryl methyl sites for hydroxylation is 2. The van der Waals surface area contributed by atoms with Gasteiger partial charge in [-0.2, -0.15) is 5.10 Å². The van der Waals surface area contributed by atoms with Gasteiger partial charge in [0, 0.05) is 29.8 Å². The maximum Gasteiger partial charge on any atom is 0.312 e. The highest BCUT2D eigenvalue weighted by atomic mass is 16.6. The van der Waals surface area contributed by atoms with Gasteiger partial charge in [-0.3, -0.25) is 19.6 Å². The number of nitrogens with one attached hydrogen (secondary N) is 1. The van der Waals surface area contributed by atoms with Crippen molar-refractivity contribution in [1.82, 2.24) is 9.78 Å². The van der Waals surface area contributed by atoms with E-state index in [2.05, 4.69) is 10.4 Å². The van der Waals surface area contributed by atoms with Gasteiger partial charge in [-0.1, -0.05) is 18.2 Å². The number of nitro groups is 1. The lowest BCUT2D eigenvalue weighted by Gasteiger charge is -2.10. The Bertz CT molecular complexity index is 1300. The number of amides is 1. The van der Waals surface area contributed by atoms with Gasteiger partial charge in [0.15, 0.2) is 0 Å². The Kier molecular flexibility index (Phi) is 5.33. The van der Waals surface area contributed by atoms with E-state index in [-0.39, 0.29) is 18.0 Å². The summed E-state index contributed by atoms with van der Waals surface area (Å²) >= 11 is 0. The summed E-state index contributed by atoms with van der Waals surface area (Å²) < 4.78 is 12.9. The number of hydrogen-bond acceptors (Lipinski definition) is 6. The fraction of sp³-hybridized carbons (Fsp3) is 0.273. The first-order valence-corrected chi connectivity index (χ1v) is 9.86. The van der Waals surface area contributed by atoms with Crippen molar-refractivity contribution < 1.29 is 18.9 Å². The first-order valence-electron chi connectivity index (χ1n) is 9.86. The van der Waals surface area contributed by atoms with Gasteiger partial charge in [-0.15, -0.1) is 0 Å². The largest absolute Gasteiger partial charge is 0.495 e. The molecular formula is C22H22N4O5. The Balaban J connectivity index is 1.46. The van der Waals surface area contributed by atoms with E-state index >= 15 is 0 Å². The molecule has 1 amide bonds. The van der Waals surface area contributed by atoms with Crippen LogP contribution in [-0.2, 0) is 11.3 Å². The van der Waals surface area contributed by atoms with E-state index in [4.69, 9.17) is 9.15 Å². The summed E-state index contributed by atoms with van der Waals surface area (Å²) in [6, 6.07) is 11.3. The van der Waals surface area contributed by atoms with Gasteiger partial charge in [-0.05, 0) is 32.4 Å². The predicted molar refractivity (Wildman–Crippen MR) is 116 cm³/mol. The van der Waals surface area contributed by atoms with Gasteiger partial charge in [-0.25, -0.2) is 0 Å². The third-order valence-electron chi connectivity index (χ3n) is 5.27. The van der Waals surface area contributed by atoms with Crippen molar-refractivity contribution in [2.45, 2.75) is 33.2 Å². The van der Waals surface area contributed by atoms with E-state index in [1.54, 1.807) is 31.7 Å². The van der Waals surface area contributed by atoms with Gasteiger partial charge in [0.1, 0.15) is 28.3 Å². The lowest BCUT2D eigenvalue weighted by atomic mass is 10.1. The molecule has 0 unspecified atom stereocenters. The molecule has 4 aromatic rings. The van der Waals surface area contributed by atoms with Crippen LogP contribution in [0.25, 0.3) is 21.9 Å². The van der Waals surface area contributed by atoms with Crippen LogP contribution in [0.15, 0.2) is 40.8 Å². The van der Waals surface area contributed by atoms with Crippen molar-refractivity contribution in [2.75, 3.05) is 12.4 Å². The van der Waals surface area contributed by atoms with Crippen molar-refractivity contribution in [3.63, 3.8) is 0 Å². The molecule has 9 nitrogen and oxygen atoms in total. The van der Waals surface area contributed by atoms with Gasteiger partial charge in [0.25, 0.3) is 0 Å². The first kappa shape index (κ1) is 20.4. The van der Waals surface area contributed by atoms with Gasteiger partial charge < -0.3 is 14.5 Å². The second-order valence-corrected chi connectivity index (χ2v) is 7.30. The van der Waals surface area contributed by atoms with Crippen molar-refractivity contribution in [3.8, 4) is 5.75 Å². The summed E-state index contributed by atoms with van der Waals surface area (Å²) in [5.41, 5.74) is 2.83. The topological polar surface area (TPSA) is 112 Å². The van der Waals surface area contributed by atoms with E-state index in [1.807, 2.05) is 30.3 Å². The molecule has 0 spiro atoms. The lowest BCUT2D eigenvalue weighted by molar-refractivity contribution is -0.386. The average molecular weight is 422 g/mol. The molecule has 2 aromatic heterocycles. The number of furan rings is 1. The standard InChI is InChI=1S/C22H22N4O5/c1-13-22(26(28)29)14(2)25(24-13)10-6-9-21(27)23-17-12-19-16(11-20(17)30-3)15-7-4-5-8-18(15)31-19/h4-5,7-8,11-12H,6,9-10H2,1-3H3,(H,23,27). The molecule has 0 fully saturated rings. The zero-order chi connectivity index (χ0) is 22.1. The van der Waals surface area contributed by atoms with Crippen LogP contribution in [0.5, 0.6) is 5.75 Å². The SMILES string of the molecule is COc1cc2c(cc1NC(=O)CCCn1nc(C)c([N+](=O)[O-])c1C)oc1ccccc12. The third-order valence-corrected chi connectivity index (χ3v) is 5.27. The molecule has 2 heterocycles. The molecule has 31 heavy (non-hydrogen) atoms. The molecule has 9 heteroatoms. The highest BCUT2D eigenvalue weighted by molar-refractivity contribution is 6.07. The van der Waals surface area contributed by atoms with Crippen LogP contribution >= 0.6 is 0 Å². The molecule has 0 bridgehead atoms. The highest BCUT2D eigenvalue weighted by Crippen LogP contribution is 2.36. The summed E-state index contributed by atoms with van der Waals surface area (Å²) in [6.45, 7) is 3.67. The molecule has 0 radical (unpaired) electrons. The van der Waals surface area contributed by atoms with E-state index < -0.39 is 4.92 Å². The minimum Gasteiger partial charge on any atom is -0.495 e. The molecule has 2 aromatic carbocycles. The Labute approximate surface area is 177 Å². The summed E-state index contributed by atoms with van der Waals surface area (Å²) in [6.07, 6.45) is 0.716. The molecule has 0 aliphatic carbocycles. The summed E-state index contributed by atoms with van der Waals surface area (Å²) in [5, 5.41) is 20.1. The fourth-order valence-electron chi connectivity index (χ4n) is 3.79. The van der Waals surface area contributed by atoms with E-state index in [0.29, 0.717) is 41.4 Å². The van der Waals surface area contributed by atoms with Crippen molar-refractivity contribution in [2.24, 2.45) is 0 Å². The van der Waals surface area contributed by atoms with Crippen molar-refractivity contribution in [3.05, 3.63) is 57.9 Å². The predicted octanol–water partition coefficient (Wildman–Crippen LogP) is 4.74. The van der Waals surface area contributed by atoms with E-state index in [0.717, 1.165) is 16.4 Å². The molecule has 0 atom stereocenters. The fourth-order valence-corrected chi connectivity index (χ4v) is 3.79. The molecule has 160 valence electrons. The van der Waals surface area contributed by atoms with Crippen LogP contribution in [0.2, 0.25) is 0 Å². The highest BCUT2D eigenvalue weighted by Gasteiger charge is 2.21. The van der Waals surface area contributed by atoms with Crippen LogP contribution < -0.4 is 10.1 Å². The number of carbonyl (C=O) groups excluding carboxylic acids is 1. The number of para-hydroxylation sites is 1. The summed E-state index contributed by atoms with van der Waals surface area (Å²) in [4.78, 5) is 23.2. The molecule has 1 N–H and O–H groups in total. The normalized spacial score (nSPS) is 11.2. The van der Waals surface area contributed by atoms with Crippen LogP contribution in [0.4, 0.5) is 11.4 Å². The zero-order valence-electron chi connectivity index (χ0n) is 17.5. The third kappa shape index (κ3) is 3.81. The maximum absolute atomic E-state index is 12.5. The number of methoxy groups -OCH3 is 1. The number of benzene rings is 2. The molecule has 0 aliphatic heterocycles. The second kappa shape index (κ2) is 8.10. The minimum atomic E-state index is -0.429. The summed E-state index contributed by atoms with van der Waals surface area (Å²) in [5.74, 6) is 0.353. The number of rotatable bonds is 7. The Morgan fingerprint density at radius 3 is 2.71 bits per heavy atom. The van der Waals surface area contributed by atoms with Crippen LogP contribution in [0, 0.1) is 24.0 Å².